The van der Waals surface area contributed by atoms with Crippen LogP contribution in [-0.2, 0) is 22.3 Å². The van der Waals surface area contributed by atoms with Crippen LogP contribution in [0.25, 0.3) is 0 Å². The van der Waals surface area contributed by atoms with E-state index in [9.17, 15) is 9.00 Å². The zero-order valence-corrected chi connectivity index (χ0v) is 9.16. The first-order chi connectivity index (χ1) is 7.00. The van der Waals surface area contributed by atoms with Crippen molar-refractivity contribution in [1.29, 1.82) is 0 Å². The molecular formula is C10H13NO3S. The van der Waals surface area contributed by atoms with Crippen molar-refractivity contribution < 1.29 is 13.6 Å². The lowest BCUT2D eigenvalue weighted by molar-refractivity contribution is -0.118. The van der Waals surface area contributed by atoms with Crippen molar-refractivity contribution in [3.8, 4) is 0 Å². The zero-order valence-electron chi connectivity index (χ0n) is 8.34. The lowest BCUT2D eigenvalue weighted by atomic mass is 10.0. The lowest BCUT2D eigenvalue weighted by Crippen LogP contribution is -2.30. The van der Waals surface area contributed by atoms with Crippen LogP contribution in [0.2, 0.25) is 0 Å². The van der Waals surface area contributed by atoms with E-state index >= 15 is 0 Å². The van der Waals surface area contributed by atoms with Crippen LogP contribution in [0, 0.1) is 0 Å². The highest BCUT2D eigenvalue weighted by atomic mass is 32.2. The number of benzene rings is 1. The van der Waals surface area contributed by atoms with E-state index in [0.29, 0.717) is 11.3 Å². The van der Waals surface area contributed by atoms with Crippen molar-refractivity contribution in [3.05, 3.63) is 29.8 Å². The molecule has 0 fully saturated rings. The van der Waals surface area contributed by atoms with Crippen LogP contribution in [0.1, 0.15) is 12.5 Å². The number of hydrogen-bond donors (Lipinski definition) is 2. The molecule has 5 heteroatoms. The largest absolute Gasteiger partial charge is 0.321 e. The van der Waals surface area contributed by atoms with Gasteiger partial charge in [-0.3, -0.25) is 4.79 Å². The highest BCUT2D eigenvalue weighted by Crippen LogP contribution is 2.09. The van der Waals surface area contributed by atoms with Crippen LogP contribution in [0.3, 0.4) is 0 Å². The summed E-state index contributed by atoms with van der Waals surface area (Å²) in [5.41, 5.74) is 6.47. The maximum atomic E-state index is 10.9. The van der Waals surface area contributed by atoms with Gasteiger partial charge in [-0.1, -0.05) is 12.1 Å². The molecule has 0 bridgehead atoms. The van der Waals surface area contributed by atoms with Crippen LogP contribution >= 0.6 is 0 Å². The number of rotatable bonds is 4. The van der Waals surface area contributed by atoms with Gasteiger partial charge in [0.1, 0.15) is 5.78 Å². The Kier molecular flexibility index (Phi) is 4.14. The number of carbonyl (C=O) groups is 1. The van der Waals surface area contributed by atoms with E-state index in [1.54, 1.807) is 24.3 Å². The molecule has 0 aromatic heterocycles. The summed E-state index contributed by atoms with van der Waals surface area (Å²) < 4.78 is 19.5. The van der Waals surface area contributed by atoms with Gasteiger partial charge < -0.3 is 10.3 Å². The zero-order chi connectivity index (χ0) is 11.4. The average Bonchev–Trinajstić information content (AvgIpc) is 2.18. The Morgan fingerprint density at radius 1 is 1.47 bits per heavy atom. The summed E-state index contributed by atoms with van der Waals surface area (Å²) in [5.74, 6) is -0.0650. The van der Waals surface area contributed by atoms with Gasteiger partial charge in [0.2, 0.25) is 0 Å². The van der Waals surface area contributed by atoms with E-state index in [2.05, 4.69) is 0 Å². The fourth-order valence-corrected chi connectivity index (χ4v) is 1.51. The number of nitrogens with two attached hydrogens (primary N) is 1. The van der Waals surface area contributed by atoms with Crippen LogP contribution in [0.5, 0.6) is 0 Å². The highest BCUT2D eigenvalue weighted by Gasteiger charge is 2.09. The van der Waals surface area contributed by atoms with E-state index in [1.807, 2.05) is 0 Å². The topological polar surface area (TPSA) is 80.4 Å². The second-order valence-corrected chi connectivity index (χ2v) is 4.28. The molecule has 1 rings (SSSR count). The summed E-state index contributed by atoms with van der Waals surface area (Å²) in [4.78, 5) is 11.3. The van der Waals surface area contributed by atoms with Crippen LogP contribution in [-0.4, -0.2) is 20.6 Å². The third kappa shape index (κ3) is 3.54. The van der Waals surface area contributed by atoms with Crippen molar-refractivity contribution in [2.24, 2.45) is 5.73 Å². The molecule has 2 atom stereocenters. The predicted octanol–water partition coefficient (Wildman–Crippen LogP) is 0.726. The van der Waals surface area contributed by atoms with E-state index in [1.165, 1.54) is 6.92 Å². The first-order valence-electron chi connectivity index (χ1n) is 4.46. The maximum absolute atomic E-state index is 10.9. The van der Waals surface area contributed by atoms with Crippen molar-refractivity contribution in [2.45, 2.75) is 24.3 Å². The first kappa shape index (κ1) is 12.0. The number of Topliss-reactive ketones (excluding diaryl/α,β-unsaturated/α-hetero) is 1. The summed E-state index contributed by atoms with van der Waals surface area (Å²) in [6.07, 6.45) is 0.452. The Hall–Kier alpha value is -1.04. The maximum Gasteiger partial charge on any atom is 0.186 e. The molecule has 3 N–H and O–H groups in total. The Morgan fingerprint density at radius 2 is 2.00 bits per heavy atom. The fraction of sp³-hybridized carbons (Fsp3) is 0.300. The Bertz CT molecular complexity index is 375. The predicted molar refractivity (Wildman–Crippen MR) is 57.8 cm³/mol. The number of carbonyl (C=O) groups excluding carboxylic acids is 1. The van der Waals surface area contributed by atoms with Gasteiger partial charge in [0, 0.05) is 0 Å². The molecule has 15 heavy (non-hydrogen) atoms. The van der Waals surface area contributed by atoms with E-state index < -0.39 is 17.1 Å². The van der Waals surface area contributed by atoms with Gasteiger partial charge in [-0.2, -0.15) is 0 Å². The summed E-state index contributed by atoms with van der Waals surface area (Å²) in [6.45, 7) is 1.45. The molecular weight excluding hydrogens is 214 g/mol. The normalized spacial score (nSPS) is 14.6. The van der Waals surface area contributed by atoms with Gasteiger partial charge in [0.05, 0.1) is 10.9 Å². The molecule has 0 aliphatic carbocycles. The smallest absolute Gasteiger partial charge is 0.186 e. The minimum absolute atomic E-state index is 0.0650. The summed E-state index contributed by atoms with van der Waals surface area (Å²) in [5, 5.41) is 0. The van der Waals surface area contributed by atoms with Gasteiger partial charge in [0.15, 0.2) is 11.1 Å². The van der Waals surface area contributed by atoms with Crippen molar-refractivity contribution in [1.82, 2.24) is 0 Å². The molecule has 1 aromatic carbocycles. The van der Waals surface area contributed by atoms with Crippen molar-refractivity contribution in [2.75, 3.05) is 0 Å². The molecule has 4 nitrogen and oxygen atoms in total. The first-order valence-corrected chi connectivity index (χ1v) is 5.57. The van der Waals surface area contributed by atoms with Gasteiger partial charge in [-0.05, 0) is 31.0 Å². The molecule has 0 aliphatic heterocycles. The van der Waals surface area contributed by atoms with Gasteiger partial charge in [-0.15, -0.1) is 0 Å². The van der Waals surface area contributed by atoms with Gasteiger partial charge >= 0.3 is 0 Å². The van der Waals surface area contributed by atoms with Crippen LogP contribution in [0.15, 0.2) is 29.2 Å². The molecule has 0 heterocycles. The molecule has 1 aromatic rings. The van der Waals surface area contributed by atoms with Crippen LogP contribution < -0.4 is 5.73 Å². The molecule has 0 radical (unpaired) electrons. The fourth-order valence-electron chi connectivity index (χ4n) is 1.14. The highest BCUT2D eigenvalue weighted by molar-refractivity contribution is 7.79. The van der Waals surface area contributed by atoms with E-state index in [0.717, 1.165) is 5.56 Å². The SMILES string of the molecule is CC(=O)C(N)Cc1ccc(S(=O)O)cc1. The number of hydrogen-bond acceptors (Lipinski definition) is 3. The molecule has 0 saturated heterocycles. The van der Waals surface area contributed by atoms with Gasteiger partial charge in [0.25, 0.3) is 0 Å². The standard InChI is InChI=1S/C10H13NO3S/c1-7(12)10(11)6-8-2-4-9(5-3-8)15(13)14/h2-5,10H,6,11H2,1H3,(H,13,14). The third-order valence-electron chi connectivity index (χ3n) is 2.10. The minimum Gasteiger partial charge on any atom is -0.321 e. The second-order valence-electron chi connectivity index (χ2n) is 3.31. The van der Waals surface area contributed by atoms with E-state index in [4.69, 9.17) is 10.3 Å². The van der Waals surface area contributed by atoms with E-state index in [-0.39, 0.29) is 5.78 Å². The average molecular weight is 227 g/mol. The second kappa shape index (κ2) is 5.16. The summed E-state index contributed by atoms with van der Waals surface area (Å²) in [6, 6.07) is 6.00. The monoisotopic (exact) mass is 227 g/mol. The Labute approximate surface area is 90.8 Å². The molecule has 0 amide bonds. The Morgan fingerprint density at radius 3 is 2.40 bits per heavy atom. The number of ketones is 1. The molecule has 82 valence electrons. The van der Waals surface area contributed by atoms with Crippen molar-refractivity contribution >= 4 is 16.9 Å². The lowest BCUT2D eigenvalue weighted by Gasteiger charge is -2.07. The molecule has 0 aliphatic rings. The van der Waals surface area contributed by atoms with Crippen LogP contribution in [0.4, 0.5) is 0 Å². The summed E-state index contributed by atoms with van der Waals surface area (Å²) >= 11 is -1.96. The molecule has 0 spiro atoms. The van der Waals surface area contributed by atoms with Crippen molar-refractivity contribution in [3.63, 3.8) is 0 Å². The Balaban J connectivity index is 2.72. The quantitative estimate of drug-likeness (QED) is 0.743. The third-order valence-corrected chi connectivity index (χ3v) is 2.78. The van der Waals surface area contributed by atoms with Gasteiger partial charge in [-0.25, -0.2) is 4.21 Å². The summed E-state index contributed by atoms with van der Waals surface area (Å²) in [7, 11) is 0. The molecule has 0 saturated carbocycles. The molecule has 2 unspecified atom stereocenters. The minimum atomic E-state index is -1.96.